The Hall–Kier alpha value is -2.34. The van der Waals surface area contributed by atoms with Gasteiger partial charge in [-0.2, -0.15) is 0 Å². The molecule has 0 aliphatic heterocycles. The van der Waals surface area contributed by atoms with Crippen molar-refractivity contribution in [2.45, 2.75) is 6.61 Å². The summed E-state index contributed by atoms with van der Waals surface area (Å²) in [6.45, 7) is 0.0130. The average Bonchev–Trinajstić information content (AvgIpc) is 2.54. The molecule has 0 saturated carbocycles. The maximum atomic E-state index is 13.7. The number of rotatable bonds is 3. The van der Waals surface area contributed by atoms with E-state index >= 15 is 0 Å². The van der Waals surface area contributed by atoms with Crippen molar-refractivity contribution in [2.75, 3.05) is 0 Å². The van der Waals surface area contributed by atoms with Gasteiger partial charge in [-0.1, -0.05) is 6.07 Å². The van der Waals surface area contributed by atoms with E-state index < -0.39 is 5.97 Å². The summed E-state index contributed by atoms with van der Waals surface area (Å²) in [5.41, 5.74) is 1.48. The largest absolute Gasteiger partial charge is 0.457 e. The molecule has 3 rings (SSSR count). The second-order valence-corrected chi connectivity index (χ2v) is 5.49. The third kappa shape index (κ3) is 2.96. The van der Waals surface area contributed by atoms with Gasteiger partial charge in [0.05, 0.1) is 11.1 Å². The first-order chi connectivity index (χ1) is 10.6. The van der Waals surface area contributed by atoms with E-state index in [0.717, 1.165) is 0 Å². The molecule has 0 atom stereocenters. The SMILES string of the molecule is O=C(OCc1ccc(F)c2cccnc12)c1cncc(Br)c1. The number of esters is 1. The predicted molar refractivity (Wildman–Crippen MR) is 82.8 cm³/mol. The van der Waals surface area contributed by atoms with Crippen molar-refractivity contribution in [3.63, 3.8) is 0 Å². The van der Waals surface area contributed by atoms with Crippen molar-refractivity contribution in [1.29, 1.82) is 0 Å². The lowest BCUT2D eigenvalue weighted by Gasteiger charge is -2.08. The van der Waals surface area contributed by atoms with Crippen LogP contribution in [0.1, 0.15) is 15.9 Å². The van der Waals surface area contributed by atoms with Crippen LogP contribution in [0.4, 0.5) is 4.39 Å². The minimum absolute atomic E-state index is 0.0130. The van der Waals surface area contributed by atoms with Crippen LogP contribution in [-0.2, 0) is 11.3 Å². The number of aromatic nitrogens is 2. The Morgan fingerprint density at radius 2 is 2.14 bits per heavy atom. The van der Waals surface area contributed by atoms with Crippen LogP contribution in [0.2, 0.25) is 0 Å². The Labute approximate surface area is 134 Å². The molecule has 0 N–H and O–H groups in total. The van der Waals surface area contributed by atoms with Crippen LogP contribution < -0.4 is 0 Å². The van der Waals surface area contributed by atoms with Crippen LogP contribution in [0.3, 0.4) is 0 Å². The normalized spacial score (nSPS) is 10.6. The molecule has 0 fully saturated rings. The summed E-state index contributed by atoms with van der Waals surface area (Å²) < 4.78 is 19.7. The van der Waals surface area contributed by atoms with Gasteiger partial charge in [0, 0.05) is 34.0 Å². The molecule has 2 aromatic heterocycles. The Kier molecular flexibility index (Phi) is 4.11. The summed E-state index contributed by atoms with van der Waals surface area (Å²) in [5, 5.41) is 0.403. The maximum absolute atomic E-state index is 13.7. The second kappa shape index (κ2) is 6.19. The fraction of sp³-hybridized carbons (Fsp3) is 0.0625. The van der Waals surface area contributed by atoms with Gasteiger partial charge in [0.25, 0.3) is 0 Å². The average molecular weight is 361 g/mol. The third-order valence-corrected chi connectivity index (χ3v) is 3.53. The molecule has 22 heavy (non-hydrogen) atoms. The summed E-state index contributed by atoms with van der Waals surface area (Å²) in [4.78, 5) is 20.1. The number of ether oxygens (including phenoxy) is 1. The quantitative estimate of drug-likeness (QED) is 0.665. The Morgan fingerprint density at radius 3 is 2.95 bits per heavy atom. The fourth-order valence-electron chi connectivity index (χ4n) is 2.06. The standard InChI is InChI=1S/C16H10BrFN2O2/c17-12-6-11(7-19-8-12)16(21)22-9-10-3-4-14(18)13-2-1-5-20-15(10)13/h1-8H,9H2. The molecule has 6 heteroatoms. The smallest absolute Gasteiger partial charge is 0.340 e. The zero-order valence-corrected chi connectivity index (χ0v) is 12.9. The summed E-state index contributed by atoms with van der Waals surface area (Å²) in [6, 6.07) is 7.83. The second-order valence-electron chi connectivity index (χ2n) is 4.57. The van der Waals surface area contributed by atoms with Gasteiger partial charge in [-0.05, 0) is 40.2 Å². The first-order valence-electron chi connectivity index (χ1n) is 6.45. The van der Waals surface area contributed by atoms with Crippen LogP contribution in [0.5, 0.6) is 0 Å². The highest BCUT2D eigenvalue weighted by Crippen LogP contribution is 2.21. The van der Waals surface area contributed by atoms with E-state index in [1.807, 2.05) is 0 Å². The number of hydrogen-bond donors (Lipinski definition) is 0. The molecule has 0 aliphatic rings. The monoisotopic (exact) mass is 360 g/mol. The van der Waals surface area contributed by atoms with Gasteiger partial charge in [0.2, 0.25) is 0 Å². The molecule has 2 heterocycles. The van der Waals surface area contributed by atoms with E-state index in [1.54, 1.807) is 36.7 Å². The molecule has 0 bridgehead atoms. The van der Waals surface area contributed by atoms with Gasteiger partial charge in [-0.3, -0.25) is 9.97 Å². The highest BCUT2D eigenvalue weighted by molar-refractivity contribution is 9.10. The first kappa shape index (κ1) is 14.6. The molecule has 1 aromatic carbocycles. The van der Waals surface area contributed by atoms with E-state index in [4.69, 9.17) is 4.74 Å². The highest BCUT2D eigenvalue weighted by Gasteiger charge is 2.11. The molecule has 0 spiro atoms. The molecule has 0 amide bonds. The minimum Gasteiger partial charge on any atom is -0.457 e. The molecule has 0 aliphatic carbocycles. The first-order valence-corrected chi connectivity index (χ1v) is 7.24. The van der Waals surface area contributed by atoms with Gasteiger partial charge in [0.15, 0.2) is 0 Å². The topological polar surface area (TPSA) is 52.1 Å². The van der Waals surface area contributed by atoms with Crippen LogP contribution in [0.25, 0.3) is 10.9 Å². The van der Waals surface area contributed by atoms with Gasteiger partial charge < -0.3 is 4.74 Å². The van der Waals surface area contributed by atoms with Crippen molar-refractivity contribution in [3.8, 4) is 0 Å². The number of carbonyl (C=O) groups excluding carboxylic acids is 1. The van der Waals surface area contributed by atoms with Crippen molar-refractivity contribution in [3.05, 3.63) is 70.3 Å². The molecule has 0 unspecified atom stereocenters. The number of fused-ring (bicyclic) bond motifs is 1. The maximum Gasteiger partial charge on any atom is 0.340 e. The molecular weight excluding hydrogens is 351 g/mol. The lowest BCUT2D eigenvalue weighted by atomic mass is 10.1. The van der Waals surface area contributed by atoms with Crippen molar-refractivity contribution in [1.82, 2.24) is 9.97 Å². The Morgan fingerprint density at radius 1 is 1.27 bits per heavy atom. The molecule has 4 nitrogen and oxygen atoms in total. The lowest BCUT2D eigenvalue weighted by molar-refractivity contribution is 0.0473. The summed E-state index contributed by atoms with van der Waals surface area (Å²) in [7, 11) is 0. The van der Waals surface area contributed by atoms with Gasteiger partial charge in [-0.15, -0.1) is 0 Å². The van der Waals surface area contributed by atoms with Crippen LogP contribution in [-0.4, -0.2) is 15.9 Å². The highest BCUT2D eigenvalue weighted by atomic mass is 79.9. The number of hydrogen-bond acceptors (Lipinski definition) is 4. The molecule has 3 aromatic rings. The van der Waals surface area contributed by atoms with Crippen LogP contribution >= 0.6 is 15.9 Å². The van der Waals surface area contributed by atoms with E-state index in [9.17, 15) is 9.18 Å². The van der Waals surface area contributed by atoms with Crippen molar-refractivity contribution >= 4 is 32.8 Å². The Bertz CT molecular complexity index is 854. The van der Waals surface area contributed by atoms with E-state index in [1.165, 1.54) is 12.3 Å². The molecular formula is C16H10BrFN2O2. The van der Waals surface area contributed by atoms with E-state index in [0.29, 0.717) is 26.5 Å². The number of halogens is 2. The van der Waals surface area contributed by atoms with Crippen molar-refractivity contribution < 1.29 is 13.9 Å². The lowest BCUT2D eigenvalue weighted by Crippen LogP contribution is -2.06. The van der Waals surface area contributed by atoms with Crippen molar-refractivity contribution in [2.24, 2.45) is 0 Å². The number of pyridine rings is 2. The fourth-order valence-corrected chi connectivity index (χ4v) is 2.43. The molecule has 110 valence electrons. The zero-order chi connectivity index (χ0) is 15.5. The predicted octanol–water partition coefficient (Wildman–Crippen LogP) is 3.89. The number of benzene rings is 1. The Balaban J connectivity index is 1.83. The zero-order valence-electron chi connectivity index (χ0n) is 11.3. The van der Waals surface area contributed by atoms with Gasteiger partial charge >= 0.3 is 5.97 Å². The van der Waals surface area contributed by atoms with Crippen LogP contribution in [0.15, 0.2) is 53.4 Å². The van der Waals surface area contributed by atoms with Gasteiger partial charge in [-0.25, -0.2) is 9.18 Å². The number of carbonyl (C=O) groups is 1. The summed E-state index contributed by atoms with van der Waals surface area (Å²) in [6.07, 6.45) is 4.58. The number of nitrogens with zero attached hydrogens (tertiary/aromatic N) is 2. The van der Waals surface area contributed by atoms with Gasteiger partial charge in [0.1, 0.15) is 12.4 Å². The van der Waals surface area contributed by atoms with E-state index in [-0.39, 0.29) is 12.4 Å². The summed E-state index contributed by atoms with van der Waals surface area (Å²) >= 11 is 3.25. The summed E-state index contributed by atoms with van der Waals surface area (Å²) in [5.74, 6) is -0.850. The molecule has 0 saturated heterocycles. The molecule has 0 radical (unpaired) electrons. The third-order valence-electron chi connectivity index (χ3n) is 3.10. The van der Waals surface area contributed by atoms with E-state index in [2.05, 4.69) is 25.9 Å². The van der Waals surface area contributed by atoms with Crippen LogP contribution in [0, 0.1) is 5.82 Å². The minimum atomic E-state index is -0.498.